The van der Waals surface area contributed by atoms with Gasteiger partial charge in [-0.25, -0.2) is 18.0 Å². The first-order valence-electron chi connectivity index (χ1n) is 8.62. The Kier molecular flexibility index (Phi) is 5.57. The van der Waals surface area contributed by atoms with Crippen LogP contribution in [0.15, 0.2) is 24.3 Å². The van der Waals surface area contributed by atoms with E-state index in [1.165, 1.54) is 23.9 Å². The number of anilines is 1. The average molecular weight is 382 g/mol. The third kappa shape index (κ3) is 4.17. The number of ether oxygens (including phenoxy) is 1. The maximum Gasteiger partial charge on any atom is 0.321 e. The topological polar surface area (TPSA) is 68.2 Å². The molecule has 3 rings (SSSR count). The van der Waals surface area contributed by atoms with E-state index >= 15 is 0 Å². The second-order valence-corrected chi connectivity index (χ2v) is 6.51. The number of aryl methyl sites for hydroxylation is 1. The van der Waals surface area contributed by atoms with Gasteiger partial charge in [0.25, 0.3) is 6.43 Å². The fourth-order valence-electron chi connectivity index (χ4n) is 2.97. The van der Waals surface area contributed by atoms with Crippen molar-refractivity contribution in [1.82, 2.24) is 15.1 Å². The van der Waals surface area contributed by atoms with Gasteiger partial charge < -0.3 is 10.1 Å². The number of halogens is 3. The zero-order valence-corrected chi connectivity index (χ0v) is 15.0. The number of carbonyl (C=O) groups is 1. The van der Waals surface area contributed by atoms with E-state index in [-0.39, 0.29) is 11.3 Å². The minimum absolute atomic E-state index is 0.0568. The van der Waals surface area contributed by atoms with E-state index in [9.17, 15) is 18.0 Å². The molecule has 1 heterocycles. The highest BCUT2D eigenvalue weighted by Gasteiger charge is 2.27. The number of methoxy groups -OCH3 is 1. The number of urea groups is 1. The standard InChI is InChI=1S/C18H21F3N4O2/c1-25-15(9-13(24-25)10-4-3-5-10)22-18(26)23-16(17(20)21)11-6-7-14(27-2)12(19)8-11/h6-10,16-17H,3-5H2,1-2H3,(H2,22,23,26)/t16-/m1/s1. The van der Waals surface area contributed by atoms with E-state index in [1.807, 2.05) is 0 Å². The highest BCUT2D eigenvalue weighted by Crippen LogP contribution is 2.36. The number of amides is 2. The lowest BCUT2D eigenvalue weighted by molar-refractivity contribution is 0.102. The molecule has 6 nitrogen and oxygen atoms in total. The number of hydrogen-bond acceptors (Lipinski definition) is 3. The Morgan fingerprint density at radius 3 is 2.63 bits per heavy atom. The second-order valence-electron chi connectivity index (χ2n) is 6.51. The van der Waals surface area contributed by atoms with Gasteiger partial charge in [0.05, 0.1) is 12.8 Å². The van der Waals surface area contributed by atoms with Crippen LogP contribution in [0.25, 0.3) is 0 Å². The summed E-state index contributed by atoms with van der Waals surface area (Å²) in [7, 11) is 2.95. The van der Waals surface area contributed by atoms with Crippen LogP contribution >= 0.6 is 0 Å². The highest BCUT2D eigenvalue weighted by atomic mass is 19.3. The molecule has 2 N–H and O–H groups in total. The molecule has 2 amide bonds. The zero-order chi connectivity index (χ0) is 19.6. The quantitative estimate of drug-likeness (QED) is 0.795. The van der Waals surface area contributed by atoms with Crippen LogP contribution in [0.2, 0.25) is 0 Å². The van der Waals surface area contributed by atoms with Gasteiger partial charge in [-0.1, -0.05) is 12.5 Å². The fourth-order valence-corrected chi connectivity index (χ4v) is 2.97. The molecule has 0 spiro atoms. The number of carbonyl (C=O) groups excluding carboxylic acids is 1. The number of alkyl halides is 2. The van der Waals surface area contributed by atoms with Gasteiger partial charge in [-0.15, -0.1) is 0 Å². The van der Waals surface area contributed by atoms with Gasteiger partial charge in [0, 0.05) is 19.0 Å². The van der Waals surface area contributed by atoms with Crippen molar-refractivity contribution in [1.29, 1.82) is 0 Å². The van der Waals surface area contributed by atoms with Gasteiger partial charge in [0.1, 0.15) is 11.9 Å². The van der Waals surface area contributed by atoms with Crippen LogP contribution in [-0.4, -0.2) is 29.3 Å². The van der Waals surface area contributed by atoms with Crippen LogP contribution < -0.4 is 15.4 Å². The Labute approximate surface area is 154 Å². The van der Waals surface area contributed by atoms with Gasteiger partial charge in [0.15, 0.2) is 11.6 Å². The molecule has 1 saturated carbocycles. The summed E-state index contributed by atoms with van der Waals surface area (Å²) in [6.07, 6.45) is 0.345. The van der Waals surface area contributed by atoms with Crippen LogP contribution in [0.3, 0.4) is 0 Å². The number of nitrogens with one attached hydrogen (secondary N) is 2. The van der Waals surface area contributed by atoms with Gasteiger partial charge in [-0.3, -0.25) is 10.00 Å². The SMILES string of the molecule is COc1ccc([C@@H](NC(=O)Nc2cc(C3CCC3)nn2C)C(F)F)cc1F. The zero-order valence-electron chi connectivity index (χ0n) is 15.0. The first-order chi connectivity index (χ1) is 12.9. The first-order valence-corrected chi connectivity index (χ1v) is 8.62. The normalized spacial score (nSPS) is 15.3. The van der Waals surface area contributed by atoms with Crippen molar-refractivity contribution >= 4 is 11.8 Å². The number of aromatic nitrogens is 2. The molecule has 0 radical (unpaired) electrons. The molecule has 2 aromatic rings. The molecular weight excluding hydrogens is 361 g/mol. The molecule has 1 aromatic heterocycles. The summed E-state index contributed by atoms with van der Waals surface area (Å²) in [6, 6.07) is 2.72. The number of nitrogens with zero attached hydrogens (tertiary/aromatic N) is 2. The molecule has 146 valence electrons. The van der Waals surface area contributed by atoms with Gasteiger partial charge in [-0.05, 0) is 30.5 Å². The molecule has 1 aliphatic rings. The lowest BCUT2D eigenvalue weighted by Gasteiger charge is -2.22. The Morgan fingerprint density at radius 1 is 1.33 bits per heavy atom. The molecule has 0 saturated heterocycles. The third-order valence-corrected chi connectivity index (χ3v) is 4.74. The Balaban J connectivity index is 1.70. The van der Waals surface area contributed by atoms with E-state index in [1.54, 1.807) is 13.1 Å². The maximum absolute atomic E-state index is 13.8. The first kappa shape index (κ1) is 19.1. The Bertz CT molecular complexity index is 821. The van der Waals surface area contributed by atoms with Crippen molar-refractivity contribution in [2.24, 2.45) is 7.05 Å². The fraction of sp³-hybridized carbons (Fsp3) is 0.444. The summed E-state index contributed by atoms with van der Waals surface area (Å²) in [5, 5.41) is 9.07. The summed E-state index contributed by atoms with van der Waals surface area (Å²) in [6.45, 7) is 0. The summed E-state index contributed by atoms with van der Waals surface area (Å²) in [5.74, 6) is -0.0523. The predicted octanol–water partition coefficient (Wildman–Crippen LogP) is 3.96. The average Bonchev–Trinajstić information content (AvgIpc) is 2.90. The molecule has 27 heavy (non-hydrogen) atoms. The number of benzene rings is 1. The van der Waals surface area contributed by atoms with Crippen molar-refractivity contribution < 1.29 is 22.7 Å². The molecule has 0 aliphatic heterocycles. The van der Waals surface area contributed by atoms with E-state index < -0.39 is 24.3 Å². The third-order valence-electron chi connectivity index (χ3n) is 4.74. The predicted molar refractivity (Wildman–Crippen MR) is 93.7 cm³/mol. The van der Waals surface area contributed by atoms with Gasteiger partial charge in [-0.2, -0.15) is 5.10 Å². The highest BCUT2D eigenvalue weighted by molar-refractivity contribution is 5.88. The maximum atomic E-state index is 13.8. The lowest BCUT2D eigenvalue weighted by Crippen LogP contribution is -2.36. The lowest BCUT2D eigenvalue weighted by atomic mass is 9.83. The Hall–Kier alpha value is -2.71. The van der Waals surface area contributed by atoms with Crippen LogP contribution in [0.5, 0.6) is 5.75 Å². The van der Waals surface area contributed by atoms with Crippen molar-refractivity contribution in [3.05, 3.63) is 41.3 Å². The molecule has 1 aliphatic carbocycles. The summed E-state index contributed by atoms with van der Waals surface area (Å²) >= 11 is 0. The minimum atomic E-state index is -2.92. The van der Waals surface area contributed by atoms with E-state index in [4.69, 9.17) is 4.74 Å². The van der Waals surface area contributed by atoms with E-state index in [0.717, 1.165) is 31.0 Å². The second kappa shape index (κ2) is 7.89. The summed E-state index contributed by atoms with van der Waals surface area (Å²) in [4.78, 5) is 12.2. The van der Waals surface area contributed by atoms with Gasteiger partial charge >= 0.3 is 6.03 Å². The van der Waals surface area contributed by atoms with Crippen molar-refractivity contribution in [3.63, 3.8) is 0 Å². The molecular formula is C18H21F3N4O2. The molecule has 0 unspecified atom stereocenters. The van der Waals surface area contributed by atoms with Crippen molar-refractivity contribution in [2.45, 2.75) is 37.6 Å². The van der Waals surface area contributed by atoms with Crippen LogP contribution in [0, 0.1) is 5.82 Å². The van der Waals surface area contributed by atoms with Crippen LogP contribution in [0.4, 0.5) is 23.8 Å². The number of hydrogen-bond donors (Lipinski definition) is 2. The summed E-state index contributed by atoms with van der Waals surface area (Å²) < 4.78 is 46.9. The van der Waals surface area contributed by atoms with Gasteiger partial charge in [0.2, 0.25) is 0 Å². The molecule has 1 fully saturated rings. The van der Waals surface area contributed by atoms with Crippen molar-refractivity contribution in [2.75, 3.05) is 12.4 Å². The smallest absolute Gasteiger partial charge is 0.321 e. The summed E-state index contributed by atoms with van der Waals surface area (Å²) in [5.41, 5.74) is 0.820. The minimum Gasteiger partial charge on any atom is -0.494 e. The van der Waals surface area contributed by atoms with E-state index in [2.05, 4.69) is 15.7 Å². The molecule has 0 bridgehead atoms. The monoisotopic (exact) mass is 382 g/mol. The molecule has 1 atom stereocenters. The van der Waals surface area contributed by atoms with Crippen LogP contribution in [0.1, 0.15) is 42.5 Å². The van der Waals surface area contributed by atoms with Crippen LogP contribution in [-0.2, 0) is 7.05 Å². The van der Waals surface area contributed by atoms with E-state index in [0.29, 0.717) is 11.7 Å². The number of rotatable bonds is 6. The van der Waals surface area contributed by atoms with Crippen molar-refractivity contribution in [3.8, 4) is 5.75 Å². The molecule has 9 heteroatoms. The Morgan fingerprint density at radius 2 is 2.07 bits per heavy atom. The largest absolute Gasteiger partial charge is 0.494 e. The molecule has 1 aromatic carbocycles.